The Bertz CT molecular complexity index is 166. The molecule has 76 valence electrons. The highest BCUT2D eigenvalue weighted by Gasteiger charge is 2.50. The standard InChI is InChI=1S/C12H23N/c1-8(2)10-5-6-13(9(3)4)12-7-11(10)12/h8-12H,5-7H2,1-4H3/t10-,11?,12?/m1/s1. The third-order valence-electron chi connectivity index (χ3n) is 4.02. The molecule has 1 aliphatic heterocycles. The minimum atomic E-state index is 0.767. The first kappa shape index (κ1) is 9.51. The van der Waals surface area contributed by atoms with Gasteiger partial charge in [-0.3, -0.25) is 4.90 Å². The Balaban J connectivity index is 1.95. The van der Waals surface area contributed by atoms with E-state index in [1.165, 1.54) is 19.4 Å². The van der Waals surface area contributed by atoms with Crippen LogP contribution in [0.1, 0.15) is 40.5 Å². The van der Waals surface area contributed by atoms with E-state index in [4.69, 9.17) is 0 Å². The van der Waals surface area contributed by atoms with Crippen molar-refractivity contribution in [2.45, 2.75) is 52.6 Å². The summed E-state index contributed by atoms with van der Waals surface area (Å²) in [5.74, 6) is 2.99. The molecule has 0 bridgehead atoms. The third-order valence-corrected chi connectivity index (χ3v) is 4.02. The SMILES string of the molecule is CC(C)[C@H]1CCN(C(C)C)C2CC21. The van der Waals surface area contributed by atoms with Crippen molar-refractivity contribution in [1.82, 2.24) is 4.90 Å². The van der Waals surface area contributed by atoms with Crippen molar-refractivity contribution in [3.63, 3.8) is 0 Å². The fraction of sp³-hybridized carbons (Fsp3) is 1.00. The van der Waals surface area contributed by atoms with Gasteiger partial charge in [0.25, 0.3) is 0 Å². The molecular weight excluding hydrogens is 158 g/mol. The summed E-state index contributed by atoms with van der Waals surface area (Å²) in [6.07, 6.45) is 2.93. The number of piperidine rings is 1. The zero-order valence-corrected chi connectivity index (χ0v) is 9.46. The van der Waals surface area contributed by atoms with Gasteiger partial charge in [0.1, 0.15) is 0 Å². The second-order valence-corrected chi connectivity index (χ2v) is 5.50. The average molecular weight is 181 g/mol. The first-order chi connectivity index (χ1) is 6.11. The zero-order valence-electron chi connectivity index (χ0n) is 9.46. The van der Waals surface area contributed by atoms with Crippen LogP contribution in [0.5, 0.6) is 0 Å². The Labute approximate surface area is 82.5 Å². The Hall–Kier alpha value is -0.0400. The fourth-order valence-corrected chi connectivity index (χ4v) is 3.19. The summed E-state index contributed by atoms with van der Waals surface area (Å²) in [5, 5.41) is 0. The molecular formula is C12H23N. The van der Waals surface area contributed by atoms with Gasteiger partial charge >= 0.3 is 0 Å². The van der Waals surface area contributed by atoms with E-state index < -0.39 is 0 Å². The zero-order chi connectivity index (χ0) is 9.59. The second kappa shape index (κ2) is 3.27. The molecule has 0 N–H and O–H groups in total. The summed E-state index contributed by atoms with van der Waals surface area (Å²) in [7, 11) is 0. The van der Waals surface area contributed by atoms with Crippen molar-refractivity contribution >= 4 is 0 Å². The lowest BCUT2D eigenvalue weighted by Crippen LogP contribution is -2.40. The van der Waals surface area contributed by atoms with Crippen molar-refractivity contribution in [3.05, 3.63) is 0 Å². The smallest absolute Gasteiger partial charge is 0.0133 e. The maximum atomic E-state index is 2.71. The van der Waals surface area contributed by atoms with Crippen LogP contribution in [0.2, 0.25) is 0 Å². The van der Waals surface area contributed by atoms with Crippen LogP contribution in [-0.2, 0) is 0 Å². The summed E-state index contributed by atoms with van der Waals surface area (Å²) in [4.78, 5) is 2.71. The van der Waals surface area contributed by atoms with E-state index in [2.05, 4.69) is 32.6 Å². The van der Waals surface area contributed by atoms with Gasteiger partial charge in [0, 0.05) is 12.1 Å². The second-order valence-electron chi connectivity index (χ2n) is 5.50. The van der Waals surface area contributed by atoms with Crippen LogP contribution in [0.25, 0.3) is 0 Å². The molecule has 13 heavy (non-hydrogen) atoms. The van der Waals surface area contributed by atoms with Gasteiger partial charge in [-0.15, -0.1) is 0 Å². The van der Waals surface area contributed by atoms with Crippen molar-refractivity contribution < 1.29 is 0 Å². The lowest BCUT2D eigenvalue weighted by atomic mass is 9.85. The normalized spacial score (nSPS) is 39.7. The summed E-state index contributed by atoms with van der Waals surface area (Å²) >= 11 is 0. The van der Waals surface area contributed by atoms with Crippen LogP contribution in [0, 0.1) is 17.8 Å². The van der Waals surface area contributed by atoms with Gasteiger partial charge in [-0.05, 0) is 51.0 Å². The molecule has 1 heteroatoms. The largest absolute Gasteiger partial charge is 0.298 e. The summed E-state index contributed by atoms with van der Waals surface area (Å²) in [6, 6.07) is 1.73. The number of nitrogens with zero attached hydrogens (tertiary/aromatic N) is 1. The molecule has 1 aliphatic carbocycles. The van der Waals surface area contributed by atoms with E-state index in [0.717, 1.165) is 29.8 Å². The topological polar surface area (TPSA) is 3.24 Å². The minimum Gasteiger partial charge on any atom is -0.298 e. The molecule has 0 amide bonds. The molecule has 0 spiro atoms. The molecule has 0 aromatic carbocycles. The fourth-order valence-electron chi connectivity index (χ4n) is 3.19. The van der Waals surface area contributed by atoms with Crippen LogP contribution < -0.4 is 0 Å². The molecule has 1 saturated carbocycles. The molecule has 3 atom stereocenters. The number of hydrogen-bond donors (Lipinski definition) is 0. The quantitative estimate of drug-likeness (QED) is 0.633. The van der Waals surface area contributed by atoms with E-state index in [1.807, 2.05) is 0 Å². The maximum absolute atomic E-state index is 2.71. The highest BCUT2D eigenvalue weighted by molar-refractivity contribution is 5.03. The molecule has 0 aromatic rings. The van der Waals surface area contributed by atoms with Crippen LogP contribution in [0.3, 0.4) is 0 Å². The highest BCUT2D eigenvalue weighted by atomic mass is 15.2. The van der Waals surface area contributed by atoms with Crippen molar-refractivity contribution in [3.8, 4) is 0 Å². The number of hydrogen-bond acceptors (Lipinski definition) is 1. The van der Waals surface area contributed by atoms with Crippen LogP contribution in [-0.4, -0.2) is 23.5 Å². The molecule has 1 heterocycles. The first-order valence-corrected chi connectivity index (χ1v) is 5.87. The molecule has 2 aliphatic rings. The van der Waals surface area contributed by atoms with E-state index in [-0.39, 0.29) is 0 Å². The highest BCUT2D eigenvalue weighted by Crippen LogP contribution is 2.49. The van der Waals surface area contributed by atoms with Crippen molar-refractivity contribution in [2.24, 2.45) is 17.8 Å². The van der Waals surface area contributed by atoms with Gasteiger partial charge in [0.2, 0.25) is 0 Å². The number of fused-ring (bicyclic) bond motifs is 1. The lowest BCUT2D eigenvalue weighted by molar-refractivity contribution is 0.121. The van der Waals surface area contributed by atoms with E-state index in [0.29, 0.717) is 0 Å². The maximum Gasteiger partial charge on any atom is 0.0133 e. The van der Waals surface area contributed by atoms with Gasteiger partial charge in [0.15, 0.2) is 0 Å². The Morgan fingerprint density at radius 2 is 1.85 bits per heavy atom. The molecule has 2 rings (SSSR count). The van der Waals surface area contributed by atoms with E-state index in [1.54, 1.807) is 0 Å². The van der Waals surface area contributed by atoms with Crippen molar-refractivity contribution in [1.29, 1.82) is 0 Å². The predicted octanol–water partition coefficient (Wildman–Crippen LogP) is 2.76. The first-order valence-electron chi connectivity index (χ1n) is 5.87. The molecule has 2 fully saturated rings. The van der Waals surface area contributed by atoms with E-state index >= 15 is 0 Å². The number of likely N-dealkylation sites (tertiary alicyclic amines) is 1. The molecule has 0 aromatic heterocycles. The molecule has 2 unspecified atom stereocenters. The Kier molecular flexibility index (Phi) is 2.39. The van der Waals surface area contributed by atoms with Crippen LogP contribution in [0.15, 0.2) is 0 Å². The monoisotopic (exact) mass is 181 g/mol. The van der Waals surface area contributed by atoms with Gasteiger partial charge in [-0.25, -0.2) is 0 Å². The summed E-state index contributed by atoms with van der Waals surface area (Å²) < 4.78 is 0. The van der Waals surface area contributed by atoms with Crippen LogP contribution >= 0.6 is 0 Å². The van der Waals surface area contributed by atoms with Gasteiger partial charge in [0.05, 0.1) is 0 Å². The van der Waals surface area contributed by atoms with Gasteiger partial charge < -0.3 is 0 Å². The molecule has 1 nitrogen and oxygen atoms in total. The summed E-state index contributed by atoms with van der Waals surface area (Å²) in [5.41, 5.74) is 0. The van der Waals surface area contributed by atoms with E-state index in [9.17, 15) is 0 Å². The average Bonchev–Trinajstić information content (AvgIpc) is 2.79. The third kappa shape index (κ3) is 1.63. The Morgan fingerprint density at radius 1 is 1.15 bits per heavy atom. The summed E-state index contributed by atoms with van der Waals surface area (Å²) in [6.45, 7) is 10.8. The van der Waals surface area contributed by atoms with Crippen LogP contribution in [0.4, 0.5) is 0 Å². The lowest BCUT2D eigenvalue weighted by Gasteiger charge is -2.35. The van der Waals surface area contributed by atoms with Gasteiger partial charge in [-0.1, -0.05) is 13.8 Å². The number of rotatable bonds is 2. The Morgan fingerprint density at radius 3 is 2.38 bits per heavy atom. The predicted molar refractivity (Wildman–Crippen MR) is 56.7 cm³/mol. The molecule has 0 radical (unpaired) electrons. The molecule has 1 saturated heterocycles. The van der Waals surface area contributed by atoms with Gasteiger partial charge in [-0.2, -0.15) is 0 Å². The minimum absolute atomic E-state index is 0.767. The van der Waals surface area contributed by atoms with Crippen molar-refractivity contribution in [2.75, 3.05) is 6.54 Å².